The van der Waals surface area contributed by atoms with Crippen LogP contribution in [0.15, 0.2) is 30.4 Å². The van der Waals surface area contributed by atoms with Crippen molar-refractivity contribution in [1.29, 1.82) is 0 Å². The lowest BCUT2D eigenvalue weighted by Gasteiger charge is -2.16. The number of imide groups is 1. The van der Waals surface area contributed by atoms with E-state index in [-0.39, 0.29) is 34.4 Å². The van der Waals surface area contributed by atoms with Crippen LogP contribution in [0.5, 0.6) is 5.75 Å². The number of hydrogen-bond donors (Lipinski definition) is 1. The number of rotatable bonds is 1. The Labute approximate surface area is 115 Å². The molecular weight excluding hydrogens is 266 g/mol. The topological polar surface area (TPSA) is 57.6 Å². The molecule has 0 aromatic heterocycles. The molecule has 0 unspecified atom stereocenters. The van der Waals surface area contributed by atoms with E-state index in [2.05, 4.69) is 0 Å². The fraction of sp³-hybridized carbons (Fsp3) is 0.286. The van der Waals surface area contributed by atoms with Gasteiger partial charge in [-0.3, -0.25) is 9.59 Å². The highest BCUT2D eigenvalue weighted by atomic mass is 35.5. The number of fused-ring (bicyclic) bond motifs is 1. The predicted molar refractivity (Wildman–Crippen MR) is 71.0 cm³/mol. The van der Waals surface area contributed by atoms with Gasteiger partial charge in [-0.25, -0.2) is 4.90 Å². The van der Waals surface area contributed by atoms with E-state index < -0.39 is 0 Å². The number of nitrogens with zero attached hydrogens (tertiary/aromatic N) is 1. The average Bonchev–Trinajstić information content (AvgIpc) is 2.64. The van der Waals surface area contributed by atoms with Gasteiger partial charge in [0.2, 0.25) is 11.8 Å². The molecule has 1 aromatic carbocycles. The summed E-state index contributed by atoms with van der Waals surface area (Å²) in [4.78, 5) is 25.8. The van der Waals surface area contributed by atoms with Gasteiger partial charge in [-0.15, -0.1) is 0 Å². The van der Waals surface area contributed by atoms with Gasteiger partial charge >= 0.3 is 0 Å². The maximum absolute atomic E-state index is 12.3. The van der Waals surface area contributed by atoms with E-state index >= 15 is 0 Å². The van der Waals surface area contributed by atoms with Gasteiger partial charge in [0.05, 0.1) is 22.5 Å². The Morgan fingerprint density at radius 3 is 2.21 bits per heavy atom. The minimum Gasteiger partial charge on any atom is -0.508 e. The minimum absolute atomic E-state index is 0.00641. The Morgan fingerprint density at radius 1 is 1.11 bits per heavy atom. The summed E-state index contributed by atoms with van der Waals surface area (Å²) in [6.07, 6.45) is 5.07. The zero-order chi connectivity index (χ0) is 13.6. The number of benzene rings is 1. The fourth-order valence-electron chi connectivity index (χ4n) is 2.71. The number of halogens is 1. The van der Waals surface area contributed by atoms with Crippen LogP contribution in [0.2, 0.25) is 5.02 Å². The van der Waals surface area contributed by atoms with Gasteiger partial charge in [0.15, 0.2) is 0 Å². The maximum Gasteiger partial charge on any atom is 0.238 e. The third kappa shape index (κ3) is 1.83. The summed E-state index contributed by atoms with van der Waals surface area (Å²) < 4.78 is 0. The van der Waals surface area contributed by atoms with Crippen LogP contribution >= 0.6 is 11.6 Å². The first-order chi connectivity index (χ1) is 9.09. The van der Waals surface area contributed by atoms with Gasteiger partial charge in [0, 0.05) is 6.07 Å². The monoisotopic (exact) mass is 277 g/mol. The lowest BCUT2D eigenvalue weighted by Crippen LogP contribution is -2.31. The molecule has 0 bridgehead atoms. The molecule has 1 aromatic rings. The van der Waals surface area contributed by atoms with Crippen LogP contribution in [0.3, 0.4) is 0 Å². The van der Waals surface area contributed by atoms with Crippen LogP contribution < -0.4 is 4.90 Å². The molecule has 1 N–H and O–H groups in total. The molecule has 5 heteroatoms. The smallest absolute Gasteiger partial charge is 0.238 e. The van der Waals surface area contributed by atoms with E-state index in [1.165, 1.54) is 18.2 Å². The molecule has 3 rings (SSSR count). The van der Waals surface area contributed by atoms with Gasteiger partial charge in [0.25, 0.3) is 0 Å². The average molecular weight is 278 g/mol. The Kier molecular flexibility index (Phi) is 2.82. The number of aromatic hydroxyl groups is 1. The Morgan fingerprint density at radius 2 is 1.68 bits per heavy atom. The molecule has 1 heterocycles. The SMILES string of the molecule is O=C1[C@H]2CC=CC[C@H]2C(=O)N1c1ccc(O)cc1Cl. The number of allylic oxidation sites excluding steroid dienone is 2. The van der Waals surface area contributed by atoms with E-state index in [0.717, 1.165) is 4.90 Å². The second-order valence-corrected chi connectivity index (χ2v) is 5.21. The predicted octanol–water partition coefficient (Wildman–Crippen LogP) is 2.50. The molecule has 2 atom stereocenters. The Balaban J connectivity index is 2.02. The van der Waals surface area contributed by atoms with Crippen LogP contribution in [0.25, 0.3) is 0 Å². The summed E-state index contributed by atoms with van der Waals surface area (Å²) in [5.41, 5.74) is 0.351. The van der Waals surface area contributed by atoms with Crippen molar-refractivity contribution >= 4 is 29.1 Å². The lowest BCUT2D eigenvalue weighted by molar-refractivity contribution is -0.122. The highest BCUT2D eigenvalue weighted by molar-refractivity contribution is 6.36. The molecule has 0 radical (unpaired) electrons. The third-order valence-corrected chi connectivity index (χ3v) is 3.98. The number of carbonyl (C=O) groups is 2. The van der Waals surface area contributed by atoms with Crippen molar-refractivity contribution in [2.45, 2.75) is 12.8 Å². The van der Waals surface area contributed by atoms with Crippen LogP contribution in [-0.2, 0) is 9.59 Å². The zero-order valence-corrected chi connectivity index (χ0v) is 10.8. The van der Waals surface area contributed by atoms with E-state index in [9.17, 15) is 14.7 Å². The lowest BCUT2D eigenvalue weighted by atomic mass is 9.85. The van der Waals surface area contributed by atoms with Crippen molar-refractivity contribution in [3.8, 4) is 5.75 Å². The van der Waals surface area contributed by atoms with Gasteiger partial charge in [0.1, 0.15) is 5.75 Å². The second kappa shape index (κ2) is 4.38. The normalized spacial score (nSPS) is 25.8. The number of amides is 2. The fourth-order valence-corrected chi connectivity index (χ4v) is 2.97. The zero-order valence-electron chi connectivity index (χ0n) is 10.0. The van der Waals surface area contributed by atoms with Gasteiger partial charge < -0.3 is 5.11 Å². The van der Waals surface area contributed by atoms with E-state index in [1.807, 2.05) is 12.2 Å². The number of phenolic OH excluding ortho intramolecular Hbond substituents is 1. The van der Waals surface area contributed by atoms with E-state index in [0.29, 0.717) is 18.5 Å². The highest BCUT2D eigenvalue weighted by Crippen LogP contribution is 2.40. The molecule has 19 heavy (non-hydrogen) atoms. The molecule has 0 saturated carbocycles. The molecule has 2 amide bonds. The quantitative estimate of drug-likeness (QED) is 0.634. The number of carbonyl (C=O) groups excluding carboxylic acids is 2. The van der Waals surface area contributed by atoms with Crippen molar-refractivity contribution in [1.82, 2.24) is 0 Å². The first-order valence-electron chi connectivity index (χ1n) is 6.11. The molecule has 0 spiro atoms. The number of anilines is 1. The number of hydrogen-bond acceptors (Lipinski definition) is 3. The van der Waals surface area contributed by atoms with Crippen molar-refractivity contribution in [3.05, 3.63) is 35.4 Å². The van der Waals surface area contributed by atoms with Gasteiger partial charge in [-0.2, -0.15) is 0 Å². The van der Waals surface area contributed by atoms with Crippen LogP contribution in [0.1, 0.15) is 12.8 Å². The van der Waals surface area contributed by atoms with Gasteiger partial charge in [-0.05, 0) is 25.0 Å². The van der Waals surface area contributed by atoms with Crippen molar-refractivity contribution in [2.24, 2.45) is 11.8 Å². The van der Waals surface area contributed by atoms with E-state index in [4.69, 9.17) is 11.6 Å². The molecule has 1 aliphatic carbocycles. The Hall–Kier alpha value is -1.81. The molecule has 1 saturated heterocycles. The summed E-state index contributed by atoms with van der Waals surface area (Å²) in [5.74, 6) is -0.949. The van der Waals surface area contributed by atoms with Crippen LogP contribution in [0.4, 0.5) is 5.69 Å². The first kappa shape index (κ1) is 12.2. The molecule has 2 aliphatic rings. The highest BCUT2D eigenvalue weighted by Gasteiger charge is 2.48. The maximum atomic E-state index is 12.3. The summed E-state index contributed by atoms with van der Waals surface area (Å²) in [6.45, 7) is 0. The summed E-state index contributed by atoms with van der Waals surface area (Å²) >= 11 is 6.02. The summed E-state index contributed by atoms with van der Waals surface area (Å²) in [6, 6.07) is 4.25. The molecular formula is C14H12ClNO3. The van der Waals surface area contributed by atoms with Crippen molar-refractivity contribution < 1.29 is 14.7 Å². The van der Waals surface area contributed by atoms with Crippen LogP contribution in [0, 0.1) is 11.8 Å². The Bertz CT molecular complexity index is 570. The van der Waals surface area contributed by atoms with Gasteiger partial charge in [-0.1, -0.05) is 23.8 Å². The van der Waals surface area contributed by atoms with Crippen LogP contribution in [-0.4, -0.2) is 16.9 Å². The van der Waals surface area contributed by atoms with E-state index in [1.54, 1.807) is 0 Å². The van der Waals surface area contributed by atoms with Crippen molar-refractivity contribution in [2.75, 3.05) is 4.90 Å². The standard InChI is InChI=1S/C14H12ClNO3/c15-11-7-8(17)5-6-12(11)16-13(18)9-3-1-2-4-10(9)14(16)19/h1-2,5-7,9-10,17H,3-4H2/t9-,10+. The first-order valence-corrected chi connectivity index (χ1v) is 6.48. The molecule has 98 valence electrons. The summed E-state index contributed by atoms with van der Waals surface area (Å²) in [7, 11) is 0. The van der Waals surface area contributed by atoms with Crippen molar-refractivity contribution in [3.63, 3.8) is 0 Å². The molecule has 1 aliphatic heterocycles. The largest absolute Gasteiger partial charge is 0.508 e. The summed E-state index contributed by atoms with van der Waals surface area (Å²) in [5, 5.41) is 9.54. The third-order valence-electron chi connectivity index (χ3n) is 3.68. The second-order valence-electron chi connectivity index (χ2n) is 4.80. The number of phenols is 1. The molecule has 1 fully saturated rings. The minimum atomic E-state index is -0.276. The molecule has 4 nitrogen and oxygen atoms in total.